The molecule has 0 spiro atoms. The first-order valence-electron chi connectivity index (χ1n) is 9.77. The maximum Gasteiger partial charge on any atom is 0.192 e. The molecular weight excluding hydrogens is 411 g/mol. The third-order valence-corrected chi connectivity index (χ3v) is 12.8. The van der Waals surface area contributed by atoms with Crippen molar-refractivity contribution in [3.63, 3.8) is 0 Å². The average molecular weight is 451 g/mol. The molecule has 2 aliphatic carbocycles. The van der Waals surface area contributed by atoms with E-state index < -0.39 is 8.32 Å². The monoisotopic (exact) mass is 450 g/mol. The number of hydrogen-bond donors (Lipinski definition) is 0. The first-order valence-corrected chi connectivity index (χ1v) is 14.2. The Balaban J connectivity index is 2.15. The van der Waals surface area contributed by atoms with Gasteiger partial charge in [-0.2, -0.15) is 0 Å². The van der Waals surface area contributed by atoms with Gasteiger partial charge in [0.05, 0.1) is 0 Å². The Bertz CT molecular complexity index is 403. The van der Waals surface area contributed by atoms with Crippen molar-refractivity contribution in [3.05, 3.63) is 0 Å². The Morgan fingerprint density at radius 2 is 1.87 bits per heavy atom. The summed E-state index contributed by atoms with van der Waals surface area (Å²) in [6.07, 6.45) is 8.89. The molecule has 2 aliphatic rings. The lowest BCUT2D eigenvalue weighted by Gasteiger charge is -2.50. The molecule has 136 valence electrons. The van der Waals surface area contributed by atoms with Gasteiger partial charge in [0.2, 0.25) is 0 Å². The molecule has 5 atom stereocenters. The summed E-state index contributed by atoms with van der Waals surface area (Å²) in [4.78, 5) is 0. The highest BCUT2D eigenvalue weighted by Gasteiger charge is 2.54. The van der Waals surface area contributed by atoms with Gasteiger partial charge >= 0.3 is 0 Å². The van der Waals surface area contributed by atoms with Crippen LogP contribution >= 0.6 is 22.6 Å². The normalized spacial score (nSPS) is 36.8. The van der Waals surface area contributed by atoms with Crippen LogP contribution in [0.1, 0.15) is 73.1 Å². The van der Waals surface area contributed by atoms with E-state index in [0.29, 0.717) is 16.6 Å². The second-order valence-electron chi connectivity index (χ2n) is 10.1. The van der Waals surface area contributed by atoms with Gasteiger partial charge in [0.1, 0.15) is 0 Å². The van der Waals surface area contributed by atoms with Crippen molar-refractivity contribution in [2.75, 3.05) is 4.43 Å². The molecule has 0 aromatic carbocycles. The Labute approximate surface area is 160 Å². The fraction of sp³-hybridized carbons (Fsp3) is 1.00. The van der Waals surface area contributed by atoms with Crippen molar-refractivity contribution in [1.29, 1.82) is 0 Å². The van der Waals surface area contributed by atoms with Crippen LogP contribution in [0.4, 0.5) is 0 Å². The van der Waals surface area contributed by atoms with E-state index >= 15 is 0 Å². The van der Waals surface area contributed by atoms with Crippen molar-refractivity contribution >= 4 is 30.9 Å². The van der Waals surface area contributed by atoms with Crippen LogP contribution in [0.15, 0.2) is 0 Å². The van der Waals surface area contributed by atoms with Gasteiger partial charge in [-0.3, -0.25) is 0 Å². The molecule has 0 amide bonds. The topological polar surface area (TPSA) is 9.23 Å². The zero-order chi connectivity index (χ0) is 17.5. The fourth-order valence-corrected chi connectivity index (χ4v) is 7.54. The molecule has 0 bridgehead atoms. The minimum absolute atomic E-state index is 0.327. The van der Waals surface area contributed by atoms with Crippen LogP contribution in [0, 0.1) is 23.2 Å². The summed E-state index contributed by atoms with van der Waals surface area (Å²) >= 11 is 2.55. The molecule has 0 N–H and O–H groups in total. The molecule has 3 heteroatoms. The Kier molecular flexibility index (Phi) is 6.39. The number of alkyl halides is 1. The SMILES string of the molecule is C[C@H](CCI)[C@H]1CC[C@H]2C(O[Si](C)(C)C(C)(C)C)CCCC12C. The summed E-state index contributed by atoms with van der Waals surface area (Å²) in [5, 5.41) is 0.327. The first-order chi connectivity index (χ1) is 10.5. The van der Waals surface area contributed by atoms with Gasteiger partial charge in [-0.15, -0.1) is 0 Å². The van der Waals surface area contributed by atoms with Crippen molar-refractivity contribution in [1.82, 2.24) is 0 Å². The molecule has 2 fully saturated rings. The minimum Gasteiger partial charge on any atom is -0.414 e. The summed E-state index contributed by atoms with van der Waals surface area (Å²) < 4.78 is 8.25. The van der Waals surface area contributed by atoms with Gasteiger partial charge in [0.15, 0.2) is 8.32 Å². The summed E-state index contributed by atoms with van der Waals surface area (Å²) in [5.41, 5.74) is 0.538. The molecule has 0 aliphatic heterocycles. The summed E-state index contributed by atoms with van der Waals surface area (Å²) in [6, 6.07) is 0. The van der Waals surface area contributed by atoms with Crippen molar-refractivity contribution in [3.8, 4) is 0 Å². The summed E-state index contributed by atoms with van der Waals surface area (Å²) in [7, 11) is -1.65. The predicted octanol–water partition coefficient (Wildman–Crippen LogP) is 7.05. The maximum atomic E-state index is 6.95. The zero-order valence-corrected chi connectivity index (χ0v) is 19.7. The first kappa shape index (κ1) is 20.2. The molecule has 0 radical (unpaired) electrons. The van der Waals surface area contributed by atoms with E-state index in [1.54, 1.807) is 0 Å². The number of halogens is 1. The van der Waals surface area contributed by atoms with Gasteiger partial charge in [-0.25, -0.2) is 0 Å². The quantitative estimate of drug-likeness (QED) is 0.248. The molecule has 0 heterocycles. The zero-order valence-electron chi connectivity index (χ0n) is 16.5. The van der Waals surface area contributed by atoms with E-state index in [2.05, 4.69) is 70.3 Å². The molecule has 2 saturated carbocycles. The van der Waals surface area contributed by atoms with Crippen LogP contribution in [0.2, 0.25) is 18.1 Å². The smallest absolute Gasteiger partial charge is 0.192 e. The number of hydrogen-bond acceptors (Lipinski definition) is 1. The lowest BCUT2D eigenvalue weighted by molar-refractivity contribution is -0.0204. The lowest BCUT2D eigenvalue weighted by Crippen LogP contribution is -2.50. The largest absolute Gasteiger partial charge is 0.414 e. The highest BCUT2D eigenvalue weighted by molar-refractivity contribution is 14.1. The van der Waals surface area contributed by atoms with Crippen molar-refractivity contribution < 1.29 is 4.43 Å². The molecule has 1 nitrogen and oxygen atoms in total. The maximum absolute atomic E-state index is 6.95. The third-order valence-electron chi connectivity index (χ3n) is 7.64. The van der Waals surface area contributed by atoms with E-state index in [1.807, 2.05) is 0 Å². The molecule has 0 aromatic heterocycles. The van der Waals surface area contributed by atoms with Crippen LogP contribution in [0.25, 0.3) is 0 Å². The Morgan fingerprint density at radius 3 is 2.43 bits per heavy atom. The molecular formula is C20H39IOSi. The van der Waals surface area contributed by atoms with Crippen molar-refractivity contribution in [2.24, 2.45) is 23.2 Å². The van der Waals surface area contributed by atoms with Crippen LogP contribution < -0.4 is 0 Å². The molecule has 2 rings (SSSR count). The van der Waals surface area contributed by atoms with Crippen LogP contribution in [0.3, 0.4) is 0 Å². The molecule has 2 unspecified atom stereocenters. The highest BCUT2D eigenvalue weighted by Crippen LogP contribution is 2.59. The van der Waals surface area contributed by atoms with Crippen LogP contribution in [0.5, 0.6) is 0 Å². The lowest BCUT2D eigenvalue weighted by atomic mass is 9.61. The van der Waals surface area contributed by atoms with Crippen molar-refractivity contribution in [2.45, 2.75) is 97.4 Å². The van der Waals surface area contributed by atoms with Gasteiger partial charge in [0.25, 0.3) is 0 Å². The van der Waals surface area contributed by atoms with Crippen LogP contribution in [-0.4, -0.2) is 18.8 Å². The van der Waals surface area contributed by atoms with E-state index in [-0.39, 0.29) is 0 Å². The van der Waals surface area contributed by atoms with E-state index in [0.717, 1.165) is 17.8 Å². The van der Waals surface area contributed by atoms with Gasteiger partial charge in [-0.1, -0.05) is 63.6 Å². The summed E-state index contributed by atoms with van der Waals surface area (Å²) in [6.45, 7) is 17.1. The third kappa shape index (κ3) is 4.02. The van der Waals surface area contributed by atoms with E-state index in [4.69, 9.17) is 4.43 Å². The van der Waals surface area contributed by atoms with E-state index in [1.165, 1.54) is 43.0 Å². The molecule has 0 aromatic rings. The average Bonchev–Trinajstić information content (AvgIpc) is 2.75. The molecule has 0 saturated heterocycles. The standard InChI is InChI=1S/C20H39IOSi/c1-15(12-14-21)16-10-11-17-18(9-8-13-20(16,17)5)22-23(6,7)19(2,3)4/h15-18H,8-14H2,1-7H3/t15-,16-,17+,18?,20?/m1/s1. The van der Waals surface area contributed by atoms with Gasteiger partial charge < -0.3 is 4.43 Å². The Hall–Kier alpha value is 0.907. The second-order valence-corrected chi connectivity index (χ2v) is 15.9. The van der Waals surface area contributed by atoms with E-state index in [9.17, 15) is 0 Å². The highest BCUT2D eigenvalue weighted by atomic mass is 127. The number of rotatable bonds is 5. The van der Waals surface area contributed by atoms with Crippen LogP contribution in [-0.2, 0) is 4.43 Å². The minimum atomic E-state index is -1.65. The van der Waals surface area contributed by atoms with Gasteiger partial charge in [-0.05, 0) is 77.8 Å². The Morgan fingerprint density at radius 1 is 1.22 bits per heavy atom. The predicted molar refractivity (Wildman–Crippen MR) is 113 cm³/mol. The fourth-order valence-electron chi connectivity index (χ4n) is 5.16. The number of fused-ring (bicyclic) bond motifs is 1. The summed E-state index contributed by atoms with van der Waals surface area (Å²) in [5.74, 6) is 2.62. The second kappa shape index (κ2) is 7.26. The molecule has 23 heavy (non-hydrogen) atoms. The van der Waals surface area contributed by atoms with Gasteiger partial charge in [0, 0.05) is 6.10 Å².